The first kappa shape index (κ1) is 15.0. The summed E-state index contributed by atoms with van der Waals surface area (Å²) in [6.07, 6.45) is 1.71. The average molecular weight is 311 g/mol. The molecule has 0 bridgehead atoms. The molecule has 2 aromatic heterocycles. The number of nitrogens with one attached hydrogen (secondary N) is 2. The Kier molecular flexibility index (Phi) is 4.18. The van der Waals surface area contributed by atoms with E-state index in [4.69, 9.17) is 4.52 Å². The van der Waals surface area contributed by atoms with Crippen molar-refractivity contribution < 1.29 is 9.32 Å². The van der Waals surface area contributed by atoms with Crippen LogP contribution in [0, 0.1) is 6.92 Å². The molecule has 2 heterocycles. The second-order valence-corrected chi connectivity index (χ2v) is 5.20. The number of H-pyrrole nitrogens is 1. The fourth-order valence-electron chi connectivity index (χ4n) is 2.15. The van der Waals surface area contributed by atoms with Gasteiger partial charge in [-0.15, -0.1) is 0 Å². The highest BCUT2D eigenvalue weighted by Gasteiger charge is 2.12. The summed E-state index contributed by atoms with van der Waals surface area (Å²) in [4.78, 5) is 16.4. The molecule has 0 saturated heterocycles. The Bertz CT molecular complexity index is 804. The van der Waals surface area contributed by atoms with E-state index in [0.717, 1.165) is 24.2 Å². The third-order valence-electron chi connectivity index (χ3n) is 3.29. The predicted octanol–water partition coefficient (Wildman–Crippen LogP) is 2.97. The molecule has 7 nitrogen and oxygen atoms in total. The minimum Gasteiger partial charge on any atom is -0.361 e. The summed E-state index contributed by atoms with van der Waals surface area (Å²) in [6.45, 7) is 3.88. The van der Waals surface area contributed by atoms with Crippen molar-refractivity contribution in [3.8, 4) is 11.4 Å². The molecule has 2 N–H and O–H groups in total. The molecule has 0 saturated carbocycles. The Morgan fingerprint density at radius 1 is 1.30 bits per heavy atom. The molecule has 0 spiro atoms. The molecule has 1 amide bonds. The number of amides is 1. The first-order valence-corrected chi connectivity index (χ1v) is 7.42. The van der Waals surface area contributed by atoms with Gasteiger partial charge in [-0.1, -0.05) is 12.1 Å². The highest BCUT2D eigenvalue weighted by molar-refractivity contribution is 6.02. The van der Waals surface area contributed by atoms with Gasteiger partial charge in [-0.2, -0.15) is 5.10 Å². The minimum atomic E-state index is -0.294. The number of rotatable bonds is 5. The lowest BCUT2D eigenvalue weighted by molar-refractivity contribution is 0.101. The van der Waals surface area contributed by atoms with Crippen LogP contribution in [0.25, 0.3) is 11.4 Å². The summed E-state index contributed by atoms with van der Waals surface area (Å²) < 4.78 is 5.11. The Morgan fingerprint density at radius 3 is 2.74 bits per heavy atom. The summed E-state index contributed by atoms with van der Waals surface area (Å²) >= 11 is 0. The van der Waals surface area contributed by atoms with Gasteiger partial charge >= 0.3 is 0 Å². The van der Waals surface area contributed by atoms with Crippen LogP contribution in [0.15, 0.2) is 34.9 Å². The number of aromatic amines is 1. The predicted molar refractivity (Wildman–Crippen MR) is 85.0 cm³/mol. The first-order valence-electron chi connectivity index (χ1n) is 7.42. The van der Waals surface area contributed by atoms with Crippen molar-refractivity contribution in [3.63, 3.8) is 0 Å². The van der Waals surface area contributed by atoms with E-state index in [9.17, 15) is 4.79 Å². The van der Waals surface area contributed by atoms with Crippen LogP contribution in [-0.4, -0.2) is 26.2 Å². The lowest BCUT2D eigenvalue weighted by atomic mass is 10.2. The molecule has 0 aliphatic rings. The third-order valence-corrected chi connectivity index (χ3v) is 3.29. The maximum Gasteiger partial charge on any atom is 0.277 e. The van der Waals surface area contributed by atoms with Crippen molar-refractivity contribution in [2.75, 3.05) is 5.32 Å². The summed E-state index contributed by atoms with van der Waals surface area (Å²) in [5.74, 6) is 1.80. The summed E-state index contributed by atoms with van der Waals surface area (Å²) in [6, 6.07) is 8.97. The molecular formula is C16H17N5O2. The molecule has 0 unspecified atom stereocenters. The fourth-order valence-corrected chi connectivity index (χ4v) is 2.15. The van der Waals surface area contributed by atoms with E-state index in [0.29, 0.717) is 17.3 Å². The topological polar surface area (TPSA) is 96.7 Å². The van der Waals surface area contributed by atoms with E-state index in [2.05, 4.69) is 25.7 Å². The van der Waals surface area contributed by atoms with Crippen molar-refractivity contribution in [1.82, 2.24) is 20.3 Å². The van der Waals surface area contributed by atoms with Gasteiger partial charge in [0.15, 0.2) is 11.5 Å². The molecule has 3 aromatic rings. The first-order chi connectivity index (χ1) is 11.2. The van der Waals surface area contributed by atoms with Crippen molar-refractivity contribution in [2.24, 2.45) is 0 Å². The Balaban J connectivity index is 1.68. The maximum atomic E-state index is 12.1. The molecule has 3 rings (SSSR count). The molecule has 0 aliphatic heterocycles. The number of carbonyl (C=O) groups is 1. The van der Waals surface area contributed by atoms with E-state index in [-0.39, 0.29) is 11.6 Å². The standard InChI is InChI=1S/C16H17N5O2/c1-3-4-13-9-14(21-23-13)16(22)18-12-7-5-11(6-8-12)15-17-10(2)19-20-15/h5-9H,3-4H2,1-2H3,(H,18,22)(H,17,19,20). The Hall–Kier alpha value is -2.96. The smallest absolute Gasteiger partial charge is 0.277 e. The van der Waals surface area contributed by atoms with Crippen molar-refractivity contribution in [3.05, 3.63) is 47.6 Å². The zero-order chi connectivity index (χ0) is 16.2. The monoisotopic (exact) mass is 311 g/mol. The van der Waals surface area contributed by atoms with Crippen molar-refractivity contribution in [2.45, 2.75) is 26.7 Å². The van der Waals surface area contributed by atoms with Gasteiger partial charge in [0.2, 0.25) is 0 Å². The summed E-state index contributed by atoms with van der Waals surface area (Å²) in [7, 11) is 0. The van der Waals surface area contributed by atoms with Gasteiger partial charge in [0, 0.05) is 23.7 Å². The second-order valence-electron chi connectivity index (χ2n) is 5.20. The Labute approximate surface area is 133 Å². The number of hydrogen-bond acceptors (Lipinski definition) is 5. The van der Waals surface area contributed by atoms with E-state index >= 15 is 0 Å². The molecule has 0 radical (unpaired) electrons. The molecule has 118 valence electrons. The van der Waals surface area contributed by atoms with Gasteiger partial charge in [0.1, 0.15) is 11.6 Å². The minimum absolute atomic E-state index is 0.280. The molecule has 0 fully saturated rings. The van der Waals surface area contributed by atoms with Crippen molar-refractivity contribution in [1.29, 1.82) is 0 Å². The zero-order valence-electron chi connectivity index (χ0n) is 13.0. The van der Waals surface area contributed by atoms with Gasteiger partial charge in [-0.3, -0.25) is 9.89 Å². The molecule has 0 aliphatic carbocycles. The fraction of sp³-hybridized carbons (Fsp3) is 0.250. The molecule has 7 heteroatoms. The van der Waals surface area contributed by atoms with E-state index in [1.165, 1.54) is 0 Å². The van der Waals surface area contributed by atoms with Gasteiger partial charge in [-0.25, -0.2) is 4.98 Å². The highest BCUT2D eigenvalue weighted by Crippen LogP contribution is 2.18. The van der Waals surface area contributed by atoms with E-state index in [1.807, 2.05) is 26.0 Å². The second kappa shape index (κ2) is 6.43. The van der Waals surface area contributed by atoms with Crippen LogP contribution >= 0.6 is 0 Å². The lowest BCUT2D eigenvalue weighted by Crippen LogP contribution is -2.12. The maximum absolute atomic E-state index is 12.1. The largest absolute Gasteiger partial charge is 0.361 e. The number of aromatic nitrogens is 4. The Morgan fingerprint density at radius 2 is 2.09 bits per heavy atom. The van der Waals surface area contributed by atoms with Gasteiger partial charge in [0.25, 0.3) is 5.91 Å². The van der Waals surface area contributed by atoms with Gasteiger partial charge in [-0.05, 0) is 37.6 Å². The van der Waals surface area contributed by atoms with Crippen molar-refractivity contribution >= 4 is 11.6 Å². The number of aryl methyl sites for hydroxylation is 2. The van der Waals surface area contributed by atoms with Crippen LogP contribution in [0.1, 0.15) is 35.4 Å². The molecule has 23 heavy (non-hydrogen) atoms. The third kappa shape index (κ3) is 3.45. The normalized spacial score (nSPS) is 10.7. The molecule has 1 aromatic carbocycles. The molecular weight excluding hydrogens is 294 g/mol. The van der Waals surface area contributed by atoms with Crippen LogP contribution in [0.2, 0.25) is 0 Å². The number of carbonyl (C=O) groups excluding carboxylic acids is 1. The van der Waals surface area contributed by atoms with Crippen LogP contribution in [0.3, 0.4) is 0 Å². The van der Waals surface area contributed by atoms with Gasteiger partial charge in [0.05, 0.1) is 0 Å². The lowest BCUT2D eigenvalue weighted by Gasteiger charge is -2.03. The number of hydrogen-bond donors (Lipinski definition) is 2. The van der Waals surface area contributed by atoms with Crippen LogP contribution in [0.4, 0.5) is 5.69 Å². The number of benzene rings is 1. The number of nitrogens with zero attached hydrogens (tertiary/aromatic N) is 3. The summed E-state index contributed by atoms with van der Waals surface area (Å²) in [5.41, 5.74) is 1.83. The van der Waals surface area contributed by atoms with Crippen LogP contribution in [-0.2, 0) is 6.42 Å². The summed E-state index contributed by atoms with van der Waals surface area (Å²) in [5, 5.41) is 13.5. The average Bonchev–Trinajstić information content (AvgIpc) is 3.18. The van der Waals surface area contributed by atoms with E-state index in [1.54, 1.807) is 18.2 Å². The molecule has 0 atom stereocenters. The van der Waals surface area contributed by atoms with Gasteiger partial charge < -0.3 is 9.84 Å². The van der Waals surface area contributed by atoms with E-state index < -0.39 is 0 Å². The zero-order valence-corrected chi connectivity index (χ0v) is 13.0. The van der Waals surface area contributed by atoms with Crippen LogP contribution < -0.4 is 5.32 Å². The quantitative estimate of drug-likeness (QED) is 0.755. The number of anilines is 1. The highest BCUT2D eigenvalue weighted by atomic mass is 16.5. The van der Waals surface area contributed by atoms with Crippen LogP contribution in [0.5, 0.6) is 0 Å². The SMILES string of the molecule is CCCc1cc(C(=O)Nc2ccc(-c3n[nH]c(C)n3)cc2)no1.